The predicted molar refractivity (Wildman–Crippen MR) is 177 cm³/mol. The fourth-order valence-corrected chi connectivity index (χ4v) is 6.76. The Morgan fingerprint density at radius 2 is 1.09 bits per heavy atom. The van der Waals surface area contributed by atoms with Crippen LogP contribution in [0.5, 0.6) is 0 Å². The van der Waals surface area contributed by atoms with Crippen molar-refractivity contribution in [1.29, 1.82) is 0 Å². The van der Waals surface area contributed by atoms with E-state index in [-0.39, 0.29) is 24.3 Å². The molecule has 1 fully saturated rings. The molecule has 258 valence electrons. The second-order valence-electron chi connectivity index (χ2n) is 13.8. The Labute approximate surface area is 269 Å². The molecule has 0 saturated carbocycles. The van der Waals surface area contributed by atoms with Crippen LogP contribution in [0.3, 0.4) is 0 Å². The average molecular weight is 625 g/mol. The van der Waals surface area contributed by atoms with Gasteiger partial charge >= 0.3 is 5.97 Å². The van der Waals surface area contributed by atoms with Gasteiger partial charge in [-0.1, -0.05) is 116 Å². The number of ether oxygens (including phenoxy) is 2. The summed E-state index contributed by atoms with van der Waals surface area (Å²) < 4.78 is 11.1. The van der Waals surface area contributed by atoms with Crippen LogP contribution in [0.1, 0.15) is 174 Å². The molecule has 2 aliphatic rings. The van der Waals surface area contributed by atoms with Crippen LogP contribution in [0, 0.1) is 0 Å². The van der Waals surface area contributed by atoms with Crippen molar-refractivity contribution in [2.24, 2.45) is 0 Å². The fraction of sp³-hybridized carbons (Fsp3) is 0.919. The summed E-state index contributed by atoms with van der Waals surface area (Å²) in [6.07, 6.45) is 25.1. The molecule has 2 heterocycles. The average Bonchev–Trinajstić information content (AvgIpc) is 3.62. The molecule has 1 saturated heterocycles. The predicted octanol–water partition coefficient (Wildman–Crippen LogP) is 7.84. The van der Waals surface area contributed by atoms with Gasteiger partial charge in [-0.3, -0.25) is 0 Å². The Kier molecular flexibility index (Phi) is 21.6. The normalized spacial score (nSPS) is 23.0. The Bertz CT molecular complexity index is 756. The number of unbranched alkanes of at least 4 members (excludes halogenated alkanes) is 15. The van der Waals surface area contributed by atoms with E-state index in [2.05, 4.69) is 6.92 Å². The van der Waals surface area contributed by atoms with Crippen LogP contribution in [0.15, 0.2) is 11.6 Å². The van der Waals surface area contributed by atoms with E-state index < -0.39 is 24.4 Å². The maximum atomic E-state index is 11.7. The molecule has 0 aromatic rings. The lowest BCUT2D eigenvalue weighted by molar-refractivity contribution is -0.139. The topological polar surface area (TPSA) is 116 Å². The first-order valence-corrected chi connectivity index (χ1v) is 18.6. The van der Waals surface area contributed by atoms with Crippen molar-refractivity contribution < 1.29 is 34.7 Å². The smallest absolute Gasteiger partial charge is 0.334 e. The van der Waals surface area contributed by atoms with E-state index in [1.165, 1.54) is 70.6 Å². The van der Waals surface area contributed by atoms with Crippen LogP contribution in [0.4, 0.5) is 0 Å². The Balaban J connectivity index is 1.40. The van der Waals surface area contributed by atoms with Crippen molar-refractivity contribution in [3.8, 4) is 0 Å². The Morgan fingerprint density at radius 3 is 1.59 bits per heavy atom. The van der Waals surface area contributed by atoms with Crippen LogP contribution in [0.2, 0.25) is 0 Å². The van der Waals surface area contributed by atoms with E-state index in [4.69, 9.17) is 9.47 Å². The highest BCUT2D eigenvalue weighted by atomic mass is 16.5. The molecule has 0 aromatic heterocycles. The molecule has 44 heavy (non-hydrogen) atoms. The standard InChI is InChI=1S/C37H68O7/c1-3-4-5-6-7-8-9-10-11-12-16-19-22-33(40)35-25-26-36(44-35)34(41)24-23-31(38)20-17-14-13-15-18-21-32(39)28-30-27-29(2)43-37(30)42/h27,29,31-36,38-41H,3-26,28H2,1-2H3/t29-,31+,32+,33-,34+,35-,36+/m0/s1. The molecule has 0 spiro atoms. The molecule has 0 amide bonds. The third-order valence-electron chi connectivity index (χ3n) is 9.61. The molecule has 0 aromatic carbocycles. The van der Waals surface area contributed by atoms with Crippen LogP contribution in [-0.2, 0) is 14.3 Å². The number of hydrogen-bond donors (Lipinski definition) is 4. The summed E-state index contributed by atoms with van der Waals surface area (Å²) in [7, 11) is 0. The minimum Gasteiger partial charge on any atom is -0.455 e. The van der Waals surface area contributed by atoms with Gasteiger partial charge < -0.3 is 29.9 Å². The summed E-state index contributed by atoms with van der Waals surface area (Å²) >= 11 is 0. The molecule has 0 radical (unpaired) electrons. The number of aliphatic hydroxyl groups excluding tert-OH is 4. The molecule has 2 rings (SSSR count). The molecule has 0 bridgehead atoms. The van der Waals surface area contributed by atoms with Crippen LogP contribution < -0.4 is 0 Å². The van der Waals surface area contributed by atoms with E-state index in [1.807, 2.05) is 6.92 Å². The summed E-state index contributed by atoms with van der Waals surface area (Å²) in [4.78, 5) is 11.7. The first-order valence-electron chi connectivity index (χ1n) is 18.6. The molecule has 0 aliphatic carbocycles. The van der Waals surface area contributed by atoms with Crippen molar-refractivity contribution in [1.82, 2.24) is 0 Å². The minimum absolute atomic E-state index is 0.173. The van der Waals surface area contributed by atoms with Crippen molar-refractivity contribution in [2.75, 3.05) is 0 Å². The lowest BCUT2D eigenvalue weighted by Gasteiger charge is -2.23. The first kappa shape index (κ1) is 39.2. The van der Waals surface area contributed by atoms with Gasteiger partial charge in [0.15, 0.2) is 0 Å². The zero-order valence-electron chi connectivity index (χ0n) is 28.3. The van der Waals surface area contributed by atoms with E-state index >= 15 is 0 Å². The van der Waals surface area contributed by atoms with Crippen LogP contribution in [-0.4, -0.2) is 69.1 Å². The van der Waals surface area contributed by atoms with Gasteiger partial charge in [0, 0.05) is 12.0 Å². The summed E-state index contributed by atoms with van der Waals surface area (Å²) in [6, 6.07) is 0. The van der Waals surface area contributed by atoms with E-state index in [0.717, 1.165) is 64.2 Å². The monoisotopic (exact) mass is 624 g/mol. The lowest BCUT2D eigenvalue weighted by atomic mass is 9.98. The van der Waals surface area contributed by atoms with Gasteiger partial charge in [0.25, 0.3) is 0 Å². The Hall–Kier alpha value is -0.990. The van der Waals surface area contributed by atoms with Crippen molar-refractivity contribution >= 4 is 5.97 Å². The summed E-state index contributed by atoms with van der Waals surface area (Å²) in [6.45, 7) is 4.09. The number of hydrogen-bond acceptors (Lipinski definition) is 7. The van der Waals surface area contributed by atoms with Gasteiger partial charge in [-0.2, -0.15) is 0 Å². The number of carbonyl (C=O) groups is 1. The number of carbonyl (C=O) groups excluding carboxylic acids is 1. The summed E-state index contributed by atoms with van der Waals surface area (Å²) in [5, 5.41) is 41.9. The van der Waals surface area contributed by atoms with E-state index in [0.29, 0.717) is 31.3 Å². The maximum absolute atomic E-state index is 11.7. The van der Waals surface area contributed by atoms with Gasteiger partial charge in [0.2, 0.25) is 0 Å². The molecule has 4 N–H and O–H groups in total. The Morgan fingerprint density at radius 1 is 0.636 bits per heavy atom. The highest BCUT2D eigenvalue weighted by molar-refractivity contribution is 5.90. The number of aliphatic hydroxyl groups is 4. The van der Waals surface area contributed by atoms with Gasteiger partial charge in [-0.25, -0.2) is 4.79 Å². The molecule has 0 unspecified atom stereocenters. The third kappa shape index (κ3) is 17.6. The zero-order chi connectivity index (χ0) is 32.0. The summed E-state index contributed by atoms with van der Waals surface area (Å²) in [5.74, 6) is -0.304. The van der Waals surface area contributed by atoms with Crippen molar-refractivity contribution in [3.63, 3.8) is 0 Å². The van der Waals surface area contributed by atoms with Crippen LogP contribution >= 0.6 is 0 Å². The third-order valence-corrected chi connectivity index (χ3v) is 9.61. The highest BCUT2D eigenvalue weighted by Crippen LogP contribution is 2.28. The number of esters is 1. The van der Waals surface area contributed by atoms with Crippen molar-refractivity contribution in [2.45, 2.75) is 217 Å². The van der Waals surface area contributed by atoms with Gasteiger partial charge in [0.05, 0.1) is 36.6 Å². The molecule has 7 atom stereocenters. The minimum atomic E-state index is -0.593. The van der Waals surface area contributed by atoms with E-state index in [9.17, 15) is 25.2 Å². The van der Waals surface area contributed by atoms with E-state index in [1.54, 1.807) is 6.08 Å². The molecule has 7 heteroatoms. The number of rotatable bonds is 28. The highest BCUT2D eigenvalue weighted by Gasteiger charge is 2.34. The SMILES string of the molecule is CCCCCCCCCCCCCC[C@H](O)[C@@H]1CC[C@H]([C@H](O)CC[C@H](O)CCCCCCC[C@@H](O)CC2=C[C@H](C)OC2=O)O1. The molecular formula is C37H68O7. The van der Waals surface area contributed by atoms with Crippen LogP contribution in [0.25, 0.3) is 0 Å². The second-order valence-corrected chi connectivity index (χ2v) is 13.8. The summed E-state index contributed by atoms with van der Waals surface area (Å²) in [5.41, 5.74) is 0.589. The van der Waals surface area contributed by atoms with Gasteiger partial charge in [-0.05, 0) is 57.9 Å². The number of cyclic esters (lactones) is 1. The molecule has 2 aliphatic heterocycles. The largest absolute Gasteiger partial charge is 0.455 e. The maximum Gasteiger partial charge on any atom is 0.334 e. The lowest BCUT2D eigenvalue weighted by Crippen LogP contribution is -2.31. The molecule has 7 nitrogen and oxygen atoms in total. The second kappa shape index (κ2) is 24.2. The van der Waals surface area contributed by atoms with Gasteiger partial charge in [0.1, 0.15) is 6.10 Å². The fourth-order valence-electron chi connectivity index (χ4n) is 6.76. The first-order chi connectivity index (χ1) is 21.3. The van der Waals surface area contributed by atoms with Gasteiger partial charge in [-0.15, -0.1) is 0 Å². The zero-order valence-corrected chi connectivity index (χ0v) is 28.3. The van der Waals surface area contributed by atoms with Crippen molar-refractivity contribution in [3.05, 3.63) is 11.6 Å². The molecular weight excluding hydrogens is 556 g/mol. The quantitative estimate of drug-likeness (QED) is 0.0518.